The normalized spacial score (nSPS) is 11.3. The minimum absolute atomic E-state index is 0.0324. The van der Waals surface area contributed by atoms with Gasteiger partial charge in [-0.05, 0) is 47.0 Å². The maximum atomic E-state index is 13.6. The summed E-state index contributed by atoms with van der Waals surface area (Å²) in [5.41, 5.74) is 10.5. The fourth-order valence-electron chi connectivity index (χ4n) is 4.07. The molecule has 5 aromatic rings. The summed E-state index contributed by atoms with van der Waals surface area (Å²) in [6, 6.07) is 28.3. The second-order valence-corrected chi connectivity index (χ2v) is 7.93. The summed E-state index contributed by atoms with van der Waals surface area (Å²) in [6.07, 6.45) is 0. The summed E-state index contributed by atoms with van der Waals surface area (Å²) >= 11 is 0. The highest BCUT2D eigenvalue weighted by atomic mass is 16.1. The van der Waals surface area contributed by atoms with Gasteiger partial charge in [0.25, 0.3) is 5.56 Å². The topological polar surface area (TPSA) is 60.9 Å². The molecule has 1 aromatic heterocycles. The Morgan fingerprint density at radius 1 is 0.839 bits per heavy atom. The summed E-state index contributed by atoms with van der Waals surface area (Å²) in [5.74, 6) is 0.672. The Morgan fingerprint density at radius 3 is 2.48 bits per heavy atom. The number of aryl methyl sites for hydroxylation is 1. The van der Waals surface area contributed by atoms with Crippen molar-refractivity contribution in [1.29, 1.82) is 0 Å². The minimum Gasteiger partial charge on any atom is -0.326 e. The fraction of sp³-hybridized carbons (Fsp3) is 0.111. The van der Waals surface area contributed by atoms with Crippen LogP contribution in [0.15, 0.2) is 89.7 Å². The Kier molecular flexibility index (Phi) is 4.85. The third-order valence-electron chi connectivity index (χ3n) is 5.69. The van der Waals surface area contributed by atoms with Crippen LogP contribution in [0.2, 0.25) is 0 Å². The molecule has 1 heterocycles. The molecule has 0 aliphatic rings. The van der Waals surface area contributed by atoms with E-state index in [-0.39, 0.29) is 5.56 Å². The first-order valence-corrected chi connectivity index (χ1v) is 10.4. The van der Waals surface area contributed by atoms with E-state index in [1.807, 2.05) is 61.5 Å². The van der Waals surface area contributed by atoms with Crippen molar-refractivity contribution in [1.82, 2.24) is 9.55 Å². The van der Waals surface area contributed by atoms with E-state index in [2.05, 4.69) is 30.3 Å². The van der Waals surface area contributed by atoms with Crippen LogP contribution >= 0.6 is 0 Å². The van der Waals surface area contributed by atoms with Gasteiger partial charge in [0.1, 0.15) is 5.82 Å². The largest absolute Gasteiger partial charge is 0.326 e. The van der Waals surface area contributed by atoms with Crippen molar-refractivity contribution < 1.29 is 0 Å². The van der Waals surface area contributed by atoms with Gasteiger partial charge < -0.3 is 5.73 Å². The van der Waals surface area contributed by atoms with Crippen molar-refractivity contribution in [2.75, 3.05) is 0 Å². The van der Waals surface area contributed by atoms with Crippen molar-refractivity contribution in [3.8, 4) is 11.4 Å². The number of nitrogens with two attached hydrogens (primary N) is 1. The Balaban J connectivity index is 1.76. The van der Waals surface area contributed by atoms with Crippen LogP contribution in [0.1, 0.15) is 16.7 Å². The van der Waals surface area contributed by atoms with E-state index in [9.17, 15) is 4.79 Å². The number of hydrogen-bond acceptors (Lipinski definition) is 3. The molecule has 0 unspecified atom stereocenters. The summed E-state index contributed by atoms with van der Waals surface area (Å²) < 4.78 is 1.78. The zero-order chi connectivity index (χ0) is 21.4. The zero-order valence-corrected chi connectivity index (χ0v) is 17.4. The van der Waals surface area contributed by atoms with Gasteiger partial charge in [-0.25, -0.2) is 4.98 Å². The van der Waals surface area contributed by atoms with E-state index in [1.165, 1.54) is 0 Å². The Hall–Kier alpha value is -3.76. The lowest BCUT2D eigenvalue weighted by Crippen LogP contribution is -2.24. The van der Waals surface area contributed by atoms with Gasteiger partial charge in [-0.1, -0.05) is 72.3 Å². The Labute approximate surface area is 180 Å². The first-order chi connectivity index (χ1) is 15.1. The van der Waals surface area contributed by atoms with E-state index in [0.717, 1.165) is 33.0 Å². The molecule has 4 nitrogen and oxygen atoms in total. The maximum Gasteiger partial charge on any atom is 0.261 e. The molecule has 152 valence electrons. The molecule has 0 saturated carbocycles. The number of nitrogens with zero attached hydrogens (tertiary/aromatic N) is 2. The standard InChI is InChI=1S/C27H23N3O/c1-18-9-12-25-24(13-18)27(31)30(17-20-6-4-5-19(14-20)16-28)26(29-25)23-11-10-21-7-2-3-8-22(21)15-23/h2-15H,16-17,28H2,1H3. The molecule has 0 radical (unpaired) electrons. The molecule has 0 aliphatic carbocycles. The molecular formula is C27H23N3O. The van der Waals surface area contributed by atoms with Crippen LogP contribution in [0.3, 0.4) is 0 Å². The van der Waals surface area contributed by atoms with Crippen LogP contribution < -0.4 is 11.3 Å². The molecule has 0 spiro atoms. The van der Waals surface area contributed by atoms with Crippen molar-refractivity contribution in [3.63, 3.8) is 0 Å². The van der Waals surface area contributed by atoms with Gasteiger partial charge >= 0.3 is 0 Å². The molecule has 2 N–H and O–H groups in total. The van der Waals surface area contributed by atoms with Crippen LogP contribution in [0.25, 0.3) is 33.1 Å². The SMILES string of the molecule is Cc1ccc2nc(-c3ccc4ccccc4c3)n(Cc3cccc(CN)c3)c(=O)c2c1. The Morgan fingerprint density at radius 2 is 1.65 bits per heavy atom. The van der Waals surface area contributed by atoms with Gasteiger partial charge in [0.2, 0.25) is 0 Å². The second kappa shape index (κ2) is 7.82. The van der Waals surface area contributed by atoms with Crippen LogP contribution in [0.4, 0.5) is 0 Å². The molecule has 0 saturated heterocycles. The monoisotopic (exact) mass is 405 g/mol. The molecular weight excluding hydrogens is 382 g/mol. The molecule has 0 bridgehead atoms. The number of aromatic nitrogens is 2. The Bertz CT molecular complexity index is 1480. The molecule has 4 heteroatoms. The number of hydrogen-bond donors (Lipinski definition) is 1. The highest BCUT2D eigenvalue weighted by Gasteiger charge is 2.14. The summed E-state index contributed by atoms with van der Waals surface area (Å²) in [4.78, 5) is 18.5. The van der Waals surface area contributed by atoms with E-state index in [1.54, 1.807) is 4.57 Å². The summed E-state index contributed by atoms with van der Waals surface area (Å²) in [5, 5.41) is 2.92. The van der Waals surface area contributed by atoms with Crippen molar-refractivity contribution >= 4 is 21.7 Å². The van der Waals surface area contributed by atoms with Crippen LogP contribution in [0.5, 0.6) is 0 Å². The van der Waals surface area contributed by atoms with Gasteiger partial charge in [0.15, 0.2) is 0 Å². The van der Waals surface area contributed by atoms with Crippen molar-refractivity contribution in [2.45, 2.75) is 20.0 Å². The first kappa shape index (κ1) is 19.2. The summed E-state index contributed by atoms with van der Waals surface area (Å²) in [6.45, 7) is 2.90. The molecule has 0 atom stereocenters. The van der Waals surface area contributed by atoms with Gasteiger partial charge in [-0.15, -0.1) is 0 Å². The maximum absolute atomic E-state index is 13.6. The lowest BCUT2D eigenvalue weighted by atomic mass is 10.1. The highest BCUT2D eigenvalue weighted by molar-refractivity contribution is 5.87. The average Bonchev–Trinajstić information content (AvgIpc) is 2.81. The lowest BCUT2D eigenvalue weighted by Gasteiger charge is -2.15. The molecule has 0 fully saturated rings. The number of rotatable bonds is 4. The molecule has 5 rings (SSSR count). The predicted molar refractivity (Wildman–Crippen MR) is 127 cm³/mol. The molecule has 4 aromatic carbocycles. The van der Waals surface area contributed by atoms with Crippen molar-refractivity contribution in [2.24, 2.45) is 5.73 Å². The average molecular weight is 406 g/mol. The highest BCUT2D eigenvalue weighted by Crippen LogP contribution is 2.25. The summed E-state index contributed by atoms with van der Waals surface area (Å²) in [7, 11) is 0. The fourth-order valence-corrected chi connectivity index (χ4v) is 4.07. The minimum atomic E-state index is -0.0324. The molecule has 0 aliphatic heterocycles. The smallest absolute Gasteiger partial charge is 0.261 e. The third-order valence-corrected chi connectivity index (χ3v) is 5.69. The number of benzene rings is 4. The molecule has 31 heavy (non-hydrogen) atoms. The van der Waals surface area contributed by atoms with Crippen LogP contribution in [-0.4, -0.2) is 9.55 Å². The van der Waals surface area contributed by atoms with Crippen molar-refractivity contribution in [3.05, 3.63) is 112 Å². The van der Waals surface area contributed by atoms with Gasteiger partial charge in [0, 0.05) is 12.1 Å². The zero-order valence-electron chi connectivity index (χ0n) is 17.4. The first-order valence-electron chi connectivity index (χ1n) is 10.4. The van der Waals surface area contributed by atoms with Gasteiger partial charge in [0.05, 0.1) is 17.4 Å². The molecule has 0 amide bonds. The second-order valence-electron chi connectivity index (χ2n) is 7.93. The van der Waals surface area contributed by atoms with Gasteiger partial charge in [-0.2, -0.15) is 0 Å². The van der Waals surface area contributed by atoms with E-state index in [0.29, 0.717) is 29.8 Å². The quantitative estimate of drug-likeness (QED) is 0.456. The van der Waals surface area contributed by atoms with Crippen LogP contribution in [-0.2, 0) is 13.1 Å². The van der Waals surface area contributed by atoms with Crippen LogP contribution in [0, 0.1) is 6.92 Å². The third kappa shape index (κ3) is 3.62. The lowest BCUT2D eigenvalue weighted by molar-refractivity contribution is 0.758. The predicted octanol–water partition coefficient (Wildman–Crippen LogP) is 5.03. The van der Waals surface area contributed by atoms with E-state index >= 15 is 0 Å². The van der Waals surface area contributed by atoms with E-state index in [4.69, 9.17) is 10.7 Å². The van der Waals surface area contributed by atoms with Gasteiger partial charge in [-0.3, -0.25) is 9.36 Å². The van der Waals surface area contributed by atoms with E-state index < -0.39 is 0 Å². The number of fused-ring (bicyclic) bond motifs is 2.